The minimum Gasteiger partial charge on any atom is -0.388 e. The molecule has 10 heavy (non-hydrogen) atoms. The molecule has 0 spiro atoms. The van der Waals surface area contributed by atoms with E-state index in [-0.39, 0.29) is 0 Å². The van der Waals surface area contributed by atoms with Crippen LogP contribution in [0.15, 0.2) is 0 Å². The highest BCUT2D eigenvalue weighted by molar-refractivity contribution is 4.54. The molecule has 0 aromatic rings. The summed E-state index contributed by atoms with van der Waals surface area (Å²) in [7, 11) is 0. The maximum atomic E-state index is 11.5. The molecule has 0 aliphatic carbocycles. The highest BCUT2D eigenvalue weighted by Crippen LogP contribution is 2.05. The molecule has 0 amide bonds. The Labute approximate surface area is 59.7 Å². The van der Waals surface area contributed by atoms with Gasteiger partial charge in [0.2, 0.25) is 6.29 Å². The van der Waals surface area contributed by atoms with Crippen molar-refractivity contribution in [3.8, 4) is 0 Å². The van der Waals surface area contributed by atoms with Crippen molar-refractivity contribution in [3.05, 3.63) is 0 Å². The van der Waals surface area contributed by atoms with E-state index in [1.807, 2.05) is 0 Å². The van der Waals surface area contributed by atoms with Crippen molar-refractivity contribution in [1.29, 1.82) is 0 Å². The number of hydrogen-bond donors (Lipinski definition) is 1. The predicted molar refractivity (Wildman–Crippen MR) is 33.9 cm³/mol. The zero-order valence-corrected chi connectivity index (χ0v) is 6.21. The van der Waals surface area contributed by atoms with Crippen LogP contribution in [0.2, 0.25) is 0 Å². The lowest BCUT2D eigenvalue weighted by Gasteiger charge is -2.16. The van der Waals surface area contributed by atoms with Crippen LogP contribution in [-0.2, 0) is 9.68 Å². The fraction of sp³-hybridized carbons (Fsp3) is 1.00. The van der Waals surface area contributed by atoms with E-state index in [1.165, 1.54) is 0 Å². The van der Waals surface area contributed by atoms with Gasteiger partial charge in [-0.1, -0.05) is 6.92 Å². The lowest BCUT2D eigenvalue weighted by atomic mass is 10.3. The molecule has 0 aromatic heterocycles. The summed E-state index contributed by atoms with van der Waals surface area (Å²) in [5.74, 6) is 0. The van der Waals surface area contributed by atoms with Crippen molar-refractivity contribution in [2.75, 3.05) is 6.61 Å². The molecule has 0 rings (SSSR count). The first-order chi connectivity index (χ1) is 4.76. The molecule has 1 N–H and O–H groups in total. The largest absolute Gasteiger partial charge is 0.388 e. The van der Waals surface area contributed by atoms with Gasteiger partial charge in [-0.25, -0.2) is 0 Å². The van der Waals surface area contributed by atoms with Crippen LogP contribution in [0.3, 0.4) is 0 Å². The van der Waals surface area contributed by atoms with Gasteiger partial charge in [0.05, 0.1) is 0 Å². The molecule has 0 fully saturated rings. The van der Waals surface area contributed by atoms with Crippen molar-refractivity contribution in [2.24, 2.45) is 0 Å². The zero-order valence-electron chi connectivity index (χ0n) is 6.21. The molecule has 62 valence electrons. The first-order valence-electron chi connectivity index (χ1n) is 3.33. The quantitative estimate of drug-likeness (QED) is 0.598. The molecule has 0 bridgehead atoms. The fourth-order valence-electron chi connectivity index (χ4n) is 0.553. The summed E-state index contributed by atoms with van der Waals surface area (Å²) < 4.78 is 16.2. The third-order valence-electron chi connectivity index (χ3n) is 1.15. The van der Waals surface area contributed by atoms with E-state index in [0.29, 0.717) is 13.0 Å². The van der Waals surface area contributed by atoms with Gasteiger partial charge in [0.25, 0.3) is 0 Å². The topological polar surface area (TPSA) is 38.7 Å². The van der Waals surface area contributed by atoms with Gasteiger partial charge < -0.3 is 9.84 Å². The number of aliphatic hydroxyl groups excluding tert-OH is 1. The lowest BCUT2D eigenvalue weighted by Crippen LogP contribution is -2.28. The Bertz CT molecular complexity index is 79.4. The van der Waals surface area contributed by atoms with Crippen molar-refractivity contribution in [1.82, 2.24) is 0 Å². The number of aliphatic hydroxyl groups is 1. The highest BCUT2D eigenvalue weighted by atomic mass is 19.3. The van der Waals surface area contributed by atoms with E-state index in [1.54, 1.807) is 13.8 Å². The Kier molecular flexibility index (Phi) is 5.48. The summed E-state index contributed by atoms with van der Waals surface area (Å²) in [6, 6.07) is 0. The van der Waals surface area contributed by atoms with Crippen LogP contribution in [0.1, 0.15) is 20.3 Å². The molecule has 0 heterocycles. The molecule has 3 nitrogen and oxygen atoms in total. The third-order valence-corrected chi connectivity index (χ3v) is 1.15. The first-order valence-corrected chi connectivity index (χ1v) is 3.33. The monoisotopic (exact) mass is 152 g/mol. The summed E-state index contributed by atoms with van der Waals surface area (Å²) in [6.45, 7) is 3.75. The van der Waals surface area contributed by atoms with Crippen LogP contribution in [0, 0.1) is 0 Å². The van der Waals surface area contributed by atoms with E-state index in [0.717, 1.165) is 0 Å². The minimum absolute atomic E-state index is 0.325. The normalized spacial score (nSPS) is 16.8. The van der Waals surface area contributed by atoms with Crippen LogP contribution < -0.4 is 0 Å². The van der Waals surface area contributed by atoms with Gasteiger partial charge in [-0.2, -0.15) is 4.94 Å². The van der Waals surface area contributed by atoms with Crippen molar-refractivity contribution in [3.63, 3.8) is 0 Å². The number of halogens is 1. The summed E-state index contributed by atoms with van der Waals surface area (Å²) in [6.07, 6.45) is -1.60. The minimum atomic E-state index is -1.13. The molecule has 0 saturated carbocycles. The van der Waals surface area contributed by atoms with Gasteiger partial charge in [0.15, 0.2) is 0 Å². The zero-order chi connectivity index (χ0) is 7.98. The van der Waals surface area contributed by atoms with Gasteiger partial charge >= 0.3 is 0 Å². The van der Waals surface area contributed by atoms with E-state index in [4.69, 9.17) is 9.84 Å². The molecule has 0 aliphatic heterocycles. The molecular formula is C6H13FO3. The van der Waals surface area contributed by atoms with Crippen LogP contribution in [0.4, 0.5) is 4.53 Å². The van der Waals surface area contributed by atoms with E-state index >= 15 is 0 Å². The summed E-state index contributed by atoms with van der Waals surface area (Å²) >= 11 is 0. The average Bonchev–Trinajstić information content (AvgIpc) is 1.99. The number of rotatable bonds is 5. The SMILES string of the molecule is CCOC(OF)C(O)CC. The van der Waals surface area contributed by atoms with Gasteiger partial charge in [-0.15, -0.1) is 0 Å². The summed E-state index contributed by atoms with van der Waals surface area (Å²) in [5.41, 5.74) is 0. The second-order valence-electron chi connectivity index (χ2n) is 1.89. The molecule has 0 aromatic carbocycles. The van der Waals surface area contributed by atoms with Gasteiger partial charge in [0, 0.05) is 6.61 Å². The third kappa shape index (κ3) is 3.10. The maximum absolute atomic E-state index is 11.5. The second-order valence-corrected chi connectivity index (χ2v) is 1.89. The van der Waals surface area contributed by atoms with Gasteiger partial charge in [0.1, 0.15) is 6.10 Å². The Morgan fingerprint density at radius 3 is 2.40 bits per heavy atom. The average molecular weight is 152 g/mol. The van der Waals surface area contributed by atoms with E-state index in [9.17, 15) is 4.53 Å². The smallest absolute Gasteiger partial charge is 0.222 e. The van der Waals surface area contributed by atoms with Crippen LogP contribution in [0.5, 0.6) is 0 Å². The lowest BCUT2D eigenvalue weighted by molar-refractivity contribution is -0.302. The first kappa shape index (κ1) is 9.81. The standard InChI is InChI=1S/C6H13FO3/c1-3-5(8)6(10-7)9-4-2/h5-6,8H,3-4H2,1-2H3. The predicted octanol–water partition coefficient (Wildman–Crippen LogP) is 1.02. The van der Waals surface area contributed by atoms with Crippen molar-refractivity contribution in [2.45, 2.75) is 32.7 Å². The molecule has 0 radical (unpaired) electrons. The second kappa shape index (κ2) is 5.58. The number of hydrogen-bond acceptors (Lipinski definition) is 3. The molecule has 0 saturated heterocycles. The maximum Gasteiger partial charge on any atom is 0.222 e. The molecule has 2 atom stereocenters. The highest BCUT2D eigenvalue weighted by Gasteiger charge is 2.18. The molecule has 0 aliphatic rings. The van der Waals surface area contributed by atoms with Gasteiger partial charge in [-0.3, -0.25) is 0 Å². The van der Waals surface area contributed by atoms with E-state index < -0.39 is 12.4 Å². The molecule has 2 unspecified atom stereocenters. The van der Waals surface area contributed by atoms with Crippen LogP contribution >= 0.6 is 0 Å². The summed E-state index contributed by atoms with van der Waals surface area (Å²) in [4.78, 5) is 3.37. The van der Waals surface area contributed by atoms with Crippen molar-refractivity contribution < 1.29 is 19.3 Å². The fourth-order valence-corrected chi connectivity index (χ4v) is 0.553. The Hall–Kier alpha value is -0.190. The Morgan fingerprint density at radius 2 is 2.10 bits per heavy atom. The summed E-state index contributed by atoms with van der Waals surface area (Å²) in [5, 5.41) is 8.96. The van der Waals surface area contributed by atoms with E-state index in [2.05, 4.69) is 4.94 Å². The van der Waals surface area contributed by atoms with Gasteiger partial charge in [-0.05, 0) is 17.9 Å². The molecular weight excluding hydrogens is 139 g/mol. The van der Waals surface area contributed by atoms with Crippen LogP contribution in [0.25, 0.3) is 0 Å². The Morgan fingerprint density at radius 1 is 1.50 bits per heavy atom. The number of ether oxygens (including phenoxy) is 1. The Balaban J connectivity index is 3.56. The van der Waals surface area contributed by atoms with Crippen molar-refractivity contribution >= 4 is 0 Å². The molecule has 4 heteroatoms. The van der Waals surface area contributed by atoms with Crippen LogP contribution in [-0.4, -0.2) is 24.1 Å².